The summed E-state index contributed by atoms with van der Waals surface area (Å²) in [7, 11) is 0. The Morgan fingerprint density at radius 3 is 3.15 bits per heavy atom. The molecule has 2 aromatic heterocycles. The molecule has 6 heteroatoms. The molecule has 0 unspecified atom stereocenters. The van der Waals surface area contributed by atoms with Crippen molar-refractivity contribution in [2.24, 2.45) is 0 Å². The summed E-state index contributed by atoms with van der Waals surface area (Å²) in [5, 5.41) is 2.89. The van der Waals surface area contributed by atoms with Crippen LogP contribution < -0.4 is 4.72 Å². The van der Waals surface area contributed by atoms with E-state index >= 15 is 0 Å². The molecule has 0 atom stereocenters. The zero-order chi connectivity index (χ0) is 13.5. The number of benzene rings is 1. The van der Waals surface area contributed by atoms with Crippen LogP contribution in [0.15, 0.2) is 35.5 Å². The van der Waals surface area contributed by atoms with Gasteiger partial charge >= 0.3 is 0 Å². The molecular formula is C14H12ClN3S2. The van der Waals surface area contributed by atoms with Gasteiger partial charge in [0.1, 0.15) is 0 Å². The van der Waals surface area contributed by atoms with Gasteiger partial charge in [-0.25, -0.2) is 4.98 Å². The molecule has 3 aromatic rings. The number of H-pyrrole nitrogens is 1. The van der Waals surface area contributed by atoms with Crippen molar-refractivity contribution in [1.29, 1.82) is 0 Å². The molecule has 0 saturated heterocycles. The van der Waals surface area contributed by atoms with Crippen LogP contribution in [0.4, 0.5) is 5.13 Å². The largest absolute Gasteiger partial charge is 0.360 e. The first-order valence-electron chi connectivity index (χ1n) is 6.45. The molecule has 4 rings (SSSR count). The third kappa shape index (κ3) is 2.41. The maximum absolute atomic E-state index is 5.99. The Balaban J connectivity index is 1.52. The molecule has 0 amide bonds. The fourth-order valence-corrected chi connectivity index (χ4v) is 4.10. The van der Waals surface area contributed by atoms with Crippen LogP contribution in [0.1, 0.15) is 23.6 Å². The highest BCUT2D eigenvalue weighted by atomic mass is 35.5. The predicted molar refractivity (Wildman–Crippen MR) is 86.9 cm³/mol. The minimum absolute atomic E-state index is 0.748. The van der Waals surface area contributed by atoms with Gasteiger partial charge < -0.3 is 9.71 Å². The third-order valence-corrected chi connectivity index (χ3v) is 5.65. The van der Waals surface area contributed by atoms with Crippen LogP contribution in [-0.2, 0) is 0 Å². The summed E-state index contributed by atoms with van der Waals surface area (Å²) in [6.45, 7) is 0. The maximum atomic E-state index is 5.99. The van der Waals surface area contributed by atoms with Gasteiger partial charge in [-0.05, 0) is 42.8 Å². The lowest BCUT2D eigenvalue weighted by molar-refractivity contribution is 1.16. The maximum Gasteiger partial charge on any atom is 0.193 e. The van der Waals surface area contributed by atoms with Gasteiger partial charge in [0.2, 0.25) is 0 Å². The lowest BCUT2D eigenvalue weighted by atomic mass is 10.2. The van der Waals surface area contributed by atoms with Gasteiger partial charge in [0, 0.05) is 33.2 Å². The van der Waals surface area contributed by atoms with Crippen LogP contribution in [0.5, 0.6) is 0 Å². The standard InChI is InChI=1S/C14H12ClN3S2/c15-9-3-4-10-11(5-9)16-7-13(10)20-18-14-17-6-12(19-14)8-1-2-8/h3-8,16H,1-2H2,(H,17,18). The van der Waals surface area contributed by atoms with E-state index in [4.69, 9.17) is 11.6 Å². The Hall–Kier alpha value is -1.17. The van der Waals surface area contributed by atoms with E-state index in [2.05, 4.69) is 14.7 Å². The fraction of sp³-hybridized carbons (Fsp3) is 0.214. The molecule has 2 N–H and O–H groups in total. The van der Waals surface area contributed by atoms with Gasteiger partial charge in [-0.2, -0.15) is 0 Å². The average Bonchev–Trinajstić information content (AvgIpc) is 3.06. The zero-order valence-electron chi connectivity index (χ0n) is 10.5. The molecule has 1 fully saturated rings. The molecule has 102 valence electrons. The van der Waals surface area contributed by atoms with E-state index in [0.29, 0.717) is 0 Å². The number of nitrogens with one attached hydrogen (secondary N) is 2. The summed E-state index contributed by atoms with van der Waals surface area (Å²) in [5.74, 6) is 0.767. The van der Waals surface area contributed by atoms with Gasteiger partial charge in [0.25, 0.3) is 0 Å². The number of rotatable bonds is 4. The quantitative estimate of drug-likeness (QED) is 0.643. The van der Waals surface area contributed by atoms with E-state index in [9.17, 15) is 0 Å². The smallest absolute Gasteiger partial charge is 0.193 e. The Morgan fingerprint density at radius 2 is 2.30 bits per heavy atom. The van der Waals surface area contributed by atoms with Gasteiger partial charge in [0.15, 0.2) is 5.13 Å². The van der Waals surface area contributed by atoms with Crippen LogP contribution in [0.25, 0.3) is 10.9 Å². The predicted octanol–water partition coefficient (Wildman–Crippen LogP) is 5.27. The number of anilines is 1. The number of aromatic amines is 1. The molecule has 1 aliphatic carbocycles. The van der Waals surface area contributed by atoms with Crippen LogP contribution >= 0.6 is 34.9 Å². The van der Waals surface area contributed by atoms with Gasteiger partial charge in [-0.3, -0.25) is 0 Å². The first-order chi connectivity index (χ1) is 9.79. The minimum atomic E-state index is 0.748. The van der Waals surface area contributed by atoms with Gasteiger partial charge in [-0.1, -0.05) is 17.7 Å². The number of hydrogen-bond donors (Lipinski definition) is 2. The lowest BCUT2D eigenvalue weighted by Crippen LogP contribution is -1.83. The second-order valence-corrected chi connectivity index (χ2v) is 7.24. The van der Waals surface area contributed by atoms with Gasteiger partial charge in [-0.15, -0.1) is 11.3 Å². The molecule has 0 spiro atoms. The Kier molecular flexibility index (Phi) is 3.13. The van der Waals surface area contributed by atoms with E-state index < -0.39 is 0 Å². The minimum Gasteiger partial charge on any atom is -0.360 e. The van der Waals surface area contributed by atoms with Crippen molar-refractivity contribution in [3.63, 3.8) is 0 Å². The summed E-state index contributed by atoms with van der Waals surface area (Å²) in [6.07, 6.45) is 6.63. The van der Waals surface area contributed by atoms with Crippen molar-refractivity contribution in [2.75, 3.05) is 4.72 Å². The first kappa shape index (κ1) is 12.6. The average molecular weight is 322 g/mol. The molecule has 1 aliphatic rings. The highest BCUT2D eigenvalue weighted by molar-refractivity contribution is 8.01. The summed E-state index contributed by atoms with van der Waals surface area (Å²) in [4.78, 5) is 10.2. The van der Waals surface area contributed by atoms with E-state index in [1.54, 1.807) is 23.3 Å². The SMILES string of the molecule is Clc1ccc2c(SNc3ncc(C4CC4)s3)c[nH]c2c1. The number of fused-ring (bicyclic) bond motifs is 1. The lowest BCUT2D eigenvalue weighted by Gasteiger charge is -2.00. The van der Waals surface area contributed by atoms with E-state index in [1.807, 2.05) is 30.6 Å². The molecule has 1 aromatic carbocycles. The van der Waals surface area contributed by atoms with Crippen molar-refractivity contribution in [1.82, 2.24) is 9.97 Å². The zero-order valence-corrected chi connectivity index (χ0v) is 12.9. The fourth-order valence-electron chi connectivity index (χ4n) is 2.15. The molecule has 1 saturated carbocycles. The van der Waals surface area contributed by atoms with Crippen LogP contribution in [-0.4, -0.2) is 9.97 Å². The molecule has 0 bridgehead atoms. The van der Waals surface area contributed by atoms with Crippen molar-refractivity contribution >= 4 is 50.9 Å². The Morgan fingerprint density at radius 1 is 1.40 bits per heavy atom. The highest BCUT2D eigenvalue weighted by Crippen LogP contribution is 2.44. The second-order valence-electron chi connectivity index (χ2n) is 4.89. The van der Waals surface area contributed by atoms with Crippen molar-refractivity contribution in [3.8, 4) is 0 Å². The summed E-state index contributed by atoms with van der Waals surface area (Å²) < 4.78 is 3.33. The van der Waals surface area contributed by atoms with Crippen LogP contribution in [0, 0.1) is 0 Å². The first-order valence-corrected chi connectivity index (χ1v) is 8.46. The van der Waals surface area contributed by atoms with Crippen molar-refractivity contribution < 1.29 is 0 Å². The second kappa shape index (κ2) is 4.98. The third-order valence-electron chi connectivity index (χ3n) is 3.36. The number of thiazole rings is 1. The van der Waals surface area contributed by atoms with Crippen LogP contribution in [0.3, 0.4) is 0 Å². The summed E-state index contributed by atoms with van der Waals surface area (Å²) in [6, 6.07) is 5.89. The topological polar surface area (TPSA) is 40.7 Å². The van der Waals surface area contributed by atoms with E-state index in [0.717, 1.165) is 26.5 Å². The van der Waals surface area contributed by atoms with Crippen molar-refractivity contribution in [2.45, 2.75) is 23.7 Å². The molecule has 20 heavy (non-hydrogen) atoms. The Labute approximate surface area is 129 Å². The number of hydrogen-bond acceptors (Lipinski definition) is 4. The number of aromatic nitrogens is 2. The molecular weight excluding hydrogens is 310 g/mol. The number of nitrogens with zero attached hydrogens (tertiary/aromatic N) is 1. The van der Waals surface area contributed by atoms with E-state index in [1.165, 1.54) is 23.1 Å². The molecule has 2 heterocycles. The Bertz CT molecular complexity index is 761. The highest BCUT2D eigenvalue weighted by Gasteiger charge is 2.25. The summed E-state index contributed by atoms with van der Waals surface area (Å²) >= 11 is 9.33. The summed E-state index contributed by atoms with van der Waals surface area (Å²) in [5.41, 5.74) is 1.06. The van der Waals surface area contributed by atoms with Gasteiger partial charge in [0.05, 0.1) is 4.90 Å². The molecule has 0 aliphatic heterocycles. The van der Waals surface area contributed by atoms with E-state index in [-0.39, 0.29) is 0 Å². The monoisotopic (exact) mass is 321 g/mol. The van der Waals surface area contributed by atoms with Crippen molar-refractivity contribution in [3.05, 3.63) is 40.5 Å². The normalized spacial score (nSPS) is 14.8. The molecule has 3 nitrogen and oxygen atoms in total. The molecule has 0 radical (unpaired) electrons. The number of halogens is 1. The van der Waals surface area contributed by atoms with Crippen LogP contribution in [0.2, 0.25) is 5.02 Å².